The van der Waals surface area contributed by atoms with E-state index in [9.17, 15) is 4.79 Å². The van der Waals surface area contributed by atoms with Crippen molar-refractivity contribution in [2.24, 2.45) is 5.92 Å². The maximum Gasteiger partial charge on any atom is 0.226 e. The highest BCUT2D eigenvalue weighted by atomic mass is 16.2. The molecule has 1 unspecified atom stereocenters. The van der Waals surface area contributed by atoms with Gasteiger partial charge in [0.2, 0.25) is 5.91 Å². The van der Waals surface area contributed by atoms with Gasteiger partial charge in [-0.15, -0.1) is 0 Å². The second-order valence-electron chi connectivity index (χ2n) is 4.02. The van der Waals surface area contributed by atoms with Crippen LogP contribution in [0.5, 0.6) is 0 Å². The molecule has 15 heavy (non-hydrogen) atoms. The fourth-order valence-electron chi connectivity index (χ4n) is 1.82. The molecule has 0 spiro atoms. The van der Waals surface area contributed by atoms with Gasteiger partial charge in [0.05, 0.1) is 6.07 Å². The van der Waals surface area contributed by atoms with Crippen molar-refractivity contribution in [1.82, 2.24) is 9.80 Å². The van der Waals surface area contributed by atoms with Gasteiger partial charge < -0.3 is 9.80 Å². The van der Waals surface area contributed by atoms with Crippen LogP contribution in [0.15, 0.2) is 0 Å². The van der Waals surface area contributed by atoms with Gasteiger partial charge in [0.25, 0.3) is 0 Å². The fraction of sp³-hybridized carbons (Fsp3) is 0.818. The van der Waals surface area contributed by atoms with E-state index in [4.69, 9.17) is 5.26 Å². The van der Waals surface area contributed by atoms with E-state index in [2.05, 4.69) is 11.8 Å². The Labute approximate surface area is 91.5 Å². The van der Waals surface area contributed by atoms with Crippen LogP contribution >= 0.6 is 0 Å². The molecule has 1 saturated heterocycles. The number of carbonyl (C=O) groups is 1. The number of hydrogen-bond acceptors (Lipinski definition) is 3. The van der Waals surface area contributed by atoms with Crippen molar-refractivity contribution in [1.29, 1.82) is 5.26 Å². The molecule has 0 radical (unpaired) electrons. The Morgan fingerprint density at radius 2 is 2.00 bits per heavy atom. The Morgan fingerprint density at radius 1 is 1.40 bits per heavy atom. The van der Waals surface area contributed by atoms with Crippen molar-refractivity contribution in [3.63, 3.8) is 0 Å². The lowest BCUT2D eigenvalue weighted by Crippen LogP contribution is -2.49. The fourth-order valence-corrected chi connectivity index (χ4v) is 1.82. The molecule has 0 saturated carbocycles. The molecule has 4 heteroatoms. The highest BCUT2D eigenvalue weighted by molar-refractivity contribution is 5.78. The smallest absolute Gasteiger partial charge is 0.226 e. The number of amides is 1. The van der Waals surface area contributed by atoms with Gasteiger partial charge in [-0.2, -0.15) is 5.26 Å². The molecule has 0 aliphatic carbocycles. The van der Waals surface area contributed by atoms with Crippen molar-refractivity contribution >= 4 is 5.91 Å². The zero-order valence-corrected chi connectivity index (χ0v) is 9.57. The molecule has 1 aliphatic rings. The number of likely N-dealkylation sites (N-methyl/N-ethyl adjacent to an activating group) is 1. The zero-order valence-electron chi connectivity index (χ0n) is 9.57. The Bertz CT molecular complexity index is 251. The molecule has 4 nitrogen and oxygen atoms in total. The van der Waals surface area contributed by atoms with Crippen molar-refractivity contribution in [2.45, 2.75) is 20.3 Å². The van der Waals surface area contributed by atoms with Gasteiger partial charge >= 0.3 is 0 Å². The lowest BCUT2D eigenvalue weighted by Gasteiger charge is -2.35. The summed E-state index contributed by atoms with van der Waals surface area (Å²) in [5.41, 5.74) is 0. The van der Waals surface area contributed by atoms with Crippen LogP contribution in [0.1, 0.15) is 20.3 Å². The second kappa shape index (κ2) is 5.72. The minimum absolute atomic E-state index is 0.132. The van der Waals surface area contributed by atoms with E-state index in [1.54, 1.807) is 0 Å². The van der Waals surface area contributed by atoms with Gasteiger partial charge in [0.15, 0.2) is 0 Å². The number of hydrogen-bond donors (Lipinski definition) is 0. The van der Waals surface area contributed by atoms with Crippen LogP contribution in [0.25, 0.3) is 0 Å². The predicted molar refractivity (Wildman–Crippen MR) is 58.1 cm³/mol. The molecule has 1 rings (SSSR count). The first-order valence-corrected chi connectivity index (χ1v) is 5.57. The van der Waals surface area contributed by atoms with Gasteiger partial charge in [-0.3, -0.25) is 4.79 Å². The summed E-state index contributed by atoms with van der Waals surface area (Å²) in [4.78, 5) is 16.1. The third kappa shape index (κ3) is 3.21. The Hall–Kier alpha value is -1.08. The largest absolute Gasteiger partial charge is 0.340 e. The molecule has 1 amide bonds. The van der Waals surface area contributed by atoms with E-state index in [0.29, 0.717) is 6.42 Å². The highest BCUT2D eigenvalue weighted by Crippen LogP contribution is 2.09. The number of nitriles is 1. The first kappa shape index (κ1) is 12.0. The van der Waals surface area contributed by atoms with Crippen molar-refractivity contribution in [3.05, 3.63) is 0 Å². The lowest BCUT2D eigenvalue weighted by molar-refractivity contribution is -0.136. The summed E-state index contributed by atoms with van der Waals surface area (Å²) in [6.45, 7) is 8.55. The lowest BCUT2D eigenvalue weighted by atomic mass is 10.1. The first-order chi connectivity index (χ1) is 7.19. The Kier molecular flexibility index (Phi) is 4.57. The summed E-state index contributed by atoms with van der Waals surface area (Å²) in [7, 11) is 0. The molecule has 84 valence electrons. The van der Waals surface area contributed by atoms with Gasteiger partial charge in [-0.1, -0.05) is 13.8 Å². The predicted octanol–water partition coefficient (Wildman–Crippen LogP) is 0.700. The quantitative estimate of drug-likeness (QED) is 0.687. The average molecular weight is 209 g/mol. The third-order valence-electron chi connectivity index (χ3n) is 2.95. The summed E-state index contributed by atoms with van der Waals surface area (Å²) in [5, 5.41) is 8.54. The van der Waals surface area contributed by atoms with Crippen LogP contribution in [-0.2, 0) is 4.79 Å². The number of nitrogens with zero attached hydrogens (tertiary/aromatic N) is 3. The Balaban J connectivity index is 2.40. The van der Waals surface area contributed by atoms with E-state index < -0.39 is 0 Å². The van der Waals surface area contributed by atoms with Crippen LogP contribution in [0.2, 0.25) is 0 Å². The molecule has 0 aromatic rings. The third-order valence-corrected chi connectivity index (χ3v) is 2.95. The summed E-state index contributed by atoms with van der Waals surface area (Å²) >= 11 is 0. The molecule has 1 atom stereocenters. The normalized spacial score (nSPS) is 19.7. The Morgan fingerprint density at radius 3 is 2.47 bits per heavy atom. The van der Waals surface area contributed by atoms with E-state index >= 15 is 0 Å². The van der Waals surface area contributed by atoms with Crippen molar-refractivity contribution < 1.29 is 4.79 Å². The molecule has 1 aliphatic heterocycles. The molecule has 1 heterocycles. The summed E-state index contributed by atoms with van der Waals surface area (Å²) in [5.74, 6) is -0.0181. The van der Waals surface area contributed by atoms with Crippen molar-refractivity contribution in [2.75, 3.05) is 32.7 Å². The topological polar surface area (TPSA) is 47.3 Å². The molecule has 0 aromatic carbocycles. The molecule has 0 bridgehead atoms. The molecular formula is C11H19N3O. The monoisotopic (exact) mass is 209 g/mol. The first-order valence-electron chi connectivity index (χ1n) is 5.57. The van der Waals surface area contributed by atoms with Gasteiger partial charge in [0.1, 0.15) is 0 Å². The maximum atomic E-state index is 11.8. The summed E-state index contributed by atoms with van der Waals surface area (Å²) in [6, 6.07) is 2.05. The SMILES string of the molecule is CCN1CCN(C(=O)C(C)CC#N)CC1. The van der Waals surface area contributed by atoms with Gasteiger partial charge in [-0.25, -0.2) is 0 Å². The summed E-state index contributed by atoms with van der Waals surface area (Å²) in [6.07, 6.45) is 0.326. The standard InChI is InChI=1S/C11H19N3O/c1-3-13-6-8-14(9-7-13)11(15)10(2)4-5-12/h10H,3-4,6-9H2,1-2H3. The van der Waals surface area contributed by atoms with E-state index in [1.165, 1.54) is 0 Å². The van der Waals surface area contributed by atoms with Crippen LogP contribution in [0.4, 0.5) is 0 Å². The zero-order chi connectivity index (χ0) is 11.3. The van der Waals surface area contributed by atoms with E-state index in [0.717, 1.165) is 32.7 Å². The van der Waals surface area contributed by atoms with Gasteiger partial charge in [-0.05, 0) is 6.54 Å². The minimum Gasteiger partial charge on any atom is -0.340 e. The number of carbonyl (C=O) groups excluding carboxylic acids is 1. The van der Waals surface area contributed by atoms with Crippen LogP contribution < -0.4 is 0 Å². The van der Waals surface area contributed by atoms with Crippen LogP contribution in [-0.4, -0.2) is 48.4 Å². The molecule has 0 N–H and O–H groups in total. The average Bonchev–Trinajstić information content (AvgIpc) is 2.28. The minimum atomic E-state index is -0.150. The number of rotatable bonds is 3. The molecule has 1 fully saturated rings. The van der Waals surface area contributed by atoms with E-state index in [-0.39, 0.29) is 11.8 Å². The van der Waals surface area contributed by atoms with Crippen LogP contribution in [0.3, 0.4) is 0 Å². The summed E-state index contributed by atoms with van der Waals surface area (Å²) < 4.78 is 0. The molecule has 0 aromatic heterocycles. The highest BCUT2D eigenvalue weighted by Gasteiger charge is 2.23. The van der Waals surface area contributed by atoms with Crippen molar-refractivity contribution in [3.8, 4) is 6.07 Å². The van der Waals surface area contributed by atoms with Crippen LogP contribution in [0, 0.1) is 17.2 Å². The van der Waals surface area contributed by atoms with Gasteiger partial charge in [0, 0.05) is 38.5 Å². The second-order valence-corrected chi connectivity index (χ2v) is 4.02. The number of piperazine rings is 1. The van der Waals surface area contributed by atoms with E-state index in [1.807, 2.05) is 17.9 Å². The molecular weight excluding hydrogens is 190 g/mol. The maximum absolute atomic E-state index is 11.8.